The molecule has 15 heavy (non-hydrogen) atoms. The fourth-order valence-corrected chi connectivity index (χ4v) is 1.85. The van der Waals surface area contributed by atoms with Gasteiger partial charge < -0.3 is 14.2 Å². The van der Waals surface area contributed by atoms with E-state index in [4.69, 9.17) is 14.2 Å². The van der Waals surface area contributed by atoms with Crippen molar-refractivity contribution in [1.29, 1.82) is 0 Å². The van der Waals surface area contributed by atoms with E-state index in [2.05, 4.69) is 0 Å². The van der Waals surface area contributed by atoms with Crippen LogP contribution in [-0.4, -0.2) is 20.3 Å². The van der Waals surface area contributed by atoms with Crippen LogP contribution in [0.25, 0.3) is 0 Å². The van der Waals surface area contributed by atoms with E-state index < -0.39 is 5.79 Å². The lowest BCUT2D eigenvalue weighted by Crippen LogP contribution is -2.23. The zero-order valence-corrected chi connectivity index (χ0v) is 9.37. The third kappa shape index (κ3) is 1.85. The van der Waals surface area contributed by atoms with Crippen LogP contribution in [0.2, 0.25) is 0 Å². The Balaban J connectivity index is 2.44. The Morgan fingerprint density at radius 2 is 1.93 bits per heavy atom. The summed E-state index contributed by atoms with van der Waals surface area (Å²) in [5, 5.41) is 0. The van der Waals surface area contributed by atoms with Gasteiger partial charge in [-0.2, -0.15) is 0 Å². The molecule has 1 heterocycles. The van der Waals surface area contributed by atoms with Gasteiger partial charge in [0.1, 0.15) is 5.75 Å². The average Bonchev–Trinajstić information content (AvgIpc) is 2.66. The van der Waals surface area contributed by atoms with Gasteiger partial charge in [0.15, 0.2) is 5.79 Å². The zero-order chi connectivity index (χ0) is 10.9. The van der Waals surface area contributed by atoms with E-state index in [1.807, 2.05) is 32.0 Å². The summed E-state index contributed by atoms with van der Waals surface area (Å²) in [5.41, 5.74) is 2.13. The van der Waals surface area contributed by atoms with E-state index in [1.165, 1.54) is 5.56 Å². The molecule has 3 heteroatoms. The van der Waals surface area contributed by atoms with Gasteiger partial charge in [0.25, 0.3) is 0 Å². The van der Waals surface area contributed by atoms with Crippen molar-refractivity contribution in [2.24, 2.45) is 0 Å². The number of hydrogen-bond donors (Lipinski definition) is 0. The van der Waals surface area contributed by atoms with Crippen LogP contribution in [0.3, 0.4) is 0 Å². The van der Waals surface area contributed by atoms with Crippen molar-refractivity contribution in [2.45, 2.75) is 19.6 Å². The second kappa shape index (κ2) is 3.83. The molecule has 0 unspecified atom stereocenters. The summed E-state index contributed by atoms with van der Waals surface area (Å²) in [6, 6.07) is 6.01. The number of hydrogen-bond acceptors (Lipinski definition) is 3. The fraction of sp³-hybridized carbons (Fsp3) is 0.500. The fourth-order valence-electron chi connectivity index (χ4n) is 1.85. The second-order valence-electron chi connectivity index (χ2n) is 3.85. The van der Waals surface area contributed by atoms with E-state index in [1.54, 1.807) is 7.11 Å². The molecular formula is C12H16O3. The van der Waals surface area contributed by atoms with Crippen LogP contribution in [0.15, 0.2) is 18.2 Å². The molecule has 1 saturated heterocycles. The van der Waals surface area contributed by atoms with Crippen molar-refractivity contribution in [3.8, 4) is 5.75 Å². The van der Waals surface area contributed by atoms with Gasteiger partial charge in [0, 0.05) is 0 Å². The number of methoxy groups -OCH3 is 1. The molecule has 0 atom stereocenters. The maximum absolute atomic E-state index is 5.62. The predicted molar refractivity (Wildman–Crippen MR) is 57.0 cm³/mol. The molecule has 1 aliphatic rings. The summed E-state index contributed by atoms with van der Waals surface area (Å²) >= 11 is 0. The Labute approximate surface area is 90.0 Å². The highest BCUT2D eigenvalue weighted by Crippen LogP contribution is 2.37. The van der Waals surface area contributed by atoms with E-state index in [-0.39, 0.29) is 0 Å². The van der Waals surface area contributed by atoms with E-state index >= 15 is 0 Å². The minimum absolute atomic E-state index is 0.633. The van der Waals surface area contributed by atoms with Gasteiger partial charge in [-0.15, -0.1) is 0 Å². The van der Waals surface area contributed by atoms with Crippen molar-refractivity contribution in [2.75, 3.05) is 20.3 Å². The van der Waals surface area contributed by atoms with Crippen LogP contribution in [0.1, 0.15) is 18.1 Å². The lowest BCUT2D eigenvalue weighted by Gasteiger charge is -2.25. The number of ether oxygens (including phenoxy) is 3. The van der Waals surface area contributed by atoms with Crippen molar-refractivity contribution < 1.29 is 14.2 Å². The molecule has 82 valence electrons. The first-order valence-electron chi connectivity index (χ1n) is 5.09. The molecule has 0 amide bonds. The van der Waals surface area contributed by atoms with Crippen LogP contribution >= 0.6 is 0 Å². The summed E-state index contributed by atoms with van der Waals surface area (Å²) in [4.78, 5) is 0. The second-order valence-corrected chi connectivity index (χ2v) is 3.85. The predicted octanol–water partition coefficient (Wildman–Crippen LogP) is 2.22. The molecule has 1 fully saturated rings. The Hall–Kier alpha value is -1.06. The first-order valence-corrected chi connectivity index (χ1v) is 5.09. The Bertz CT molecular complexity index is 354. The zero-order valence-electron chi connectivity index (χ0n) is 9.37. The smallest absolute Gasteiger partial charge is 0.195 e. The third-order valence-corrected chi connectivity index (χ3v) is 2.68. The van der Waals surface area contributed by atoms with Crippen LogP contribution in [-0.2, 0) is 15.3 Å². The van der Waals surface area contributed by atoms with E-state index in [9.17, 15) is 0 Å². The standard InChI is InChI=1S/C12H16O3/c1-9-4-5-11(13-3)10(8-9)12(2)14-6-7-15-12/h4-5,8H,6-7H2,1-3H3. The van der Waals surface area contributed by atoms with Crippen molar-refractivity contribution in [3.05, 3.63) is 29.3 Å². The number of rotatable bonds is 2. The summed E-state index contributed by atoms with van der Waals surface area (Å²) in [5.74, 6) is 0.155. The molecular weight excluding hydrogens is 192 g/mol. The van der Waals surface area contributed by atoms with Crippen LogP contribution in [0.4, 0.5) is 0 Å². The summed E-state index contributed by atoms with van der Waals surface area (Å²) in [6.07, 6.45) is 0. The number of benzene rings is 1. The van der Waals surface area contributed by atoms with Gasteiger partial charge >= 0.3 is 0 Å². The number of aryl methyl sites for hydroxylation is 1. The monoisotopic (exact) mass is 208 g/mol. The highest BCUT2D eigenvalue weighted by atomic mass is 16.7. The molecule has 1 aromatic carbocycles. The van der Waals surface area contributed by atoms with Crippen molar-refractivity contribution in [3.63, 3.8) is 0 Å². The minimum atomic E-state index is -0.655. The minimum Gasteiger partial charge on any atom is -0.496 e. The lowest BCUT2D eigenvalue weighted by atomic mass is 10.0. The molecule has 0 bridgehead atoms. The van der Waals surface area contributed by atoms with Crippen molar-refractivity contribution in [1.82, 2.24) is 0 Å². The van der Waals surface area contributed by atoms with E-state index in [0.717, 1.165) is 11.3 Å². The normalized spacial score (nSPS) is 19.1. The van der Waals surface area contributed by atoms with Crippen LogP contribution in [0, 0.1) is 6.92 Å². The van der Waals surface area contributed by atoms with Crippen LogP contribution < -0.4 is 4.74 Å². The SMILES string of the molecule is COc1ccc(C)cc1C1(C)OCCO1. The molecule has 0 N–H and O–H groups in total. The topological polar surface area (TPSA) is 27.7 Å². The first kappa shape index (κ1) is 10.5. The van der Waals surface area contributed by atoms with Gasteiger partial charge in [-0.1, -0.05) is 11.6 Å². The Morgan fingerprint density at radius 3 is 2.53 bits per heavy atom. The molecule has 3 nitrogen and oxygen atoms in total. The summed E-state index contributed by atoms with van der Waals surface area (Å²) in [6.45, 7) is 5.24. The molecule has 2 rings (SSSR count). The van der Waals surface area contributed by atoms with Gasteiger partial charge in [0.05, 0.1) is 25.9 Å². The van der Waals surface area contributed by atoms with Gasteiger partial charge in [0.2, 0.25) is 0 Å². The summed E-state index contributed by atoms with van der Waals surface area (Å²) < 4.78 is 16.6. The first-order chi connectivity index (χ1) is 7.15. The molecule has 0 aliphatic carbocycles. The maximum atomic E-state index is 5.62. The van der Waals surface area contributed by atoms with Gasteiger partial charge in [-0.25, -0.2) is 0 Å². The quantitative estimate of drug-likeness (QED) is 0.746. The average molecular weight is 208 g/mol. The third-order valence-electron chi connectivity index (χ3n) is 2.68. The molecule has 0 saturated carbocycles. The van der Waals surface area contributed by atoms with Gasteiger partial charge in [-0.05, 0) is 26.0 Å². The largest absolute Gasteiger partial charge is 0.496 e. The molecule has 1 aliphatic heterocycles. The highest BCUT2D eigenvalue weighted by molar-refractivity contribution is 5.39. The molecule has 0 aromatic heterocycles. The van der Waals surface area contributed by atoms with Crippen molar-refractivity contribution >= 4 is 0 Å². The molecule has 0 radical (unpaired) electrons. The Kier molecular flexibility index (Phi) is 2.67. The summed E-state index contributed by atoms with van der Waals surface area (Å²) in [7, 11) is 1.66. The lowest BCUT2D eigenvalue weighted by molar-refractivity contribution is -0.150. The van der Waals surface area contributed by atoms with Gasteiger partial charge in [-0.3, -0.25) is 0 Å². The van der Waals surface area contributed by atoms with E-state index in [0.29, 0.717) is 13.2 Å². The van der Waals surface area contributed by atoms with Crippen LogP contribution in [0.5, 0.6) is 5.75 Å². The molecule has 0 spiro atoms. The highest BCUT2D eigenvalue weighted by Gasteiger charge is 2.35. The molecule has 1 aromatic rings. The maximum Gasteiger partial charge on any atom is 0.195 e. The Morgan fingerprint density at radius 1 is 1.27 bits per heavy atom.